The van der Waals surface area contributed by atoms with Crippen molar-refractivity contribution in [1.82, 2.24) is 0 Å². The number of hydrogen-bond acceptors (Lipinski definition) is 3. The second kappa shape index (κ2) is 6.05. The topological polar surface area (TPSA) is 45.0 Å². The fraction of sp³-hybridized carbons (Fsp3) is 0.417. The molecule has 0 saturated carbocycles. The monoisotopic (exact) mass is 204 g/mol. The maximum absolute atomic E-state index is 8.64. The van der Waals surface area contributed by atoms with E-state index in [-0.39, 0.29) is 5.92 Å². The summed E-state index contributed by atoms with van der Waals surface area (Å²) in [4.78, 5) is 0. The second-order valence-electron chi connectivity index (χ2n) is 3.54. The van der Waals surface area contributed by atoms with Crippen molar-refractivity contribution in [2.75, 3.05) is 19.0 Å². The van der Waals surface area contributed by atoms with Crippen LogP contribution in [0.3, 0.4) is 0 Å². The predicted octanol–water partition coefficient (Wildman–Crippen LogP) is 2.40. The Balaban J connectivity index is 2.54. The van der Waals surface area contributed by atoms with Gasteiger partial charge in [0.05, 0.1) is 18.6 Å². The summed E-state index contributed by atoms with van der Waals surface area (Å²) < 4.78 is 5.05. The van der Waals surface area contributed by atoms with Crippen molar-refractivity contribution in [3.63, 3.8) is 0 Å². The summed E-state index contributed by atoms with van der Waals surface area (Å²) in [6, 6.07) is 10.2. The van der Waals surface area contributed by atoms with Crippen LogP contribution in [-0.4, -0.2) is 13.7 Å². The van der Waals surface area contributed by atoms with Gasteiger partial charge in [0.1, 0.15) is 0 Å². The van der Waals surface area contributed by atoms with Crippen LogP contribution >= 0.6 is 0 Å². The lowest BCUT2D eigenvalue weighted by atomic mass is 10.2. The van der Waals surface area contributed by atoms with Crippen LogP contribution in [0.1, 0.15) is 12.5 Å². The number of ether oxygens (including phenoxy) is 1. The average Bonchev–Trinajstić information content (AvgIpc) is 2.27. The number of nitrogens with one attached hydrogen (secondary N) is 1. The van der Waals surface area contributed by atoms with E-state index in [0.717, 1.165) is 11.3 Å². The van der Waals surface area contributed by atoms with Gasteiger partial charge in [0.25, 0.3) is 0 Å². The molecule has 0 fully saturated rings. The zero-order valence-electron chi connectivity index (χ0n) is 9.16. The van der Waals surface area contributed by atoms with E-state index >= 15 is 0 Å². The van der Waals surface area contributed by atoms with Crippen LogP contribution in [0.2, 0.25) is 0 Å². The van der Waals surface area contributed by atoms with Gasteiger partial charge in [-0.05, 0) is 24.6 Å². The van der Waals surface area contributed by atoms with Crippen molar-refractivity contribution in [1.29, 1.82) is 5.26 Å². The molecule has 1 unspecified atom stereocenters. The maximum atomic E-state index is 8.64. The molecule has 1 N–H and O–H groups in total. The zero-order valence-corrected chi connectivity index (χ0v) is 9.16. The first-order chi connectivity index (χ1) is 7.26. The molecule has 1 atom stereocenters. The van der Waals surface area contributed by atoms with E-state index in [9.17, 15) is 0 Å². The van der Waals surface area contributed by atoms with E-state index in [4.69, 9.17) is 10.00 Å². The lowest BCUT2D eigenvalue weighted by Gasteiger charge is -2.08. The highest BCUT2D eigenvalue weighted by molar-refractivity contribution is 5.45. The fourth-order valence-electron chi connectivity index (χ4n) is 1.25. The first kappa shape index (κ1) is 11.5. The Morgan fingerprint density at radius 1 is 1.53 bits per heavy atom. The maximum Gasteiger partial charge on any atom is 0.0713 e. The van der Waals surface area contributed by atoms with Gasteiger partial charge in [0, 0.05) is 19.3 Å². The molecule has 0 aromatic heterocycles. The number of anilines is 1. The summed E-state index contributed by atoms with van der Waals surface area (Å²) in [7, 11) is 1.68. The van der Waals surface area contributed by atoms with Gasteiger partial charge in [0.15, 0.2) is 0 Å². The van der Waals surface area contributed by atoms with E-state index in [1.165, 1.54) is 0 Å². The quantitative estimate of drug-likeness (QED) is 0.801. The van der Waals surface area contributed by atoms with Crippen LogP contribution in [0.5, 0.6) is 0 Å². The Kier molecular flexibility index (Phi) is 4.65. The molecule has 0 aliphatic carbocycles. The minimum atomic E-state index is 0.0241. The van der Waals surface area contributed by atoms with Crippen LogP contribution in [-0.2, 0) is 11.3 Å². The molecular weight excluding hydrogens is 188 g/mol. The normalized spacial score (nSPS) is 11.8. The number of rotatable bonds is 5. The van der Waals surface area contributed by atoms with Crippen molar-refractivity contribution < 1.29 is 4.74 Å². The Morgan fingerprint density at radius 3 is 3.00 bits per heavy atom. The summed E-state index contributed by atoms with van der Waals surface area (Å²) in [5.41, 5.74) is 2.17. The van der Waals surface area contributed by atoms with Gasteiger partial charge < -0.3 is 10.1 Å². The minimum Gasteiger partial charge on any atom is -0.384 e. The molecular formula is C12H16N2O. The summed E-state index contributed by atoms with van der Waals surface area (Å²) in [5.74, 6) is 0.0241. The third-order valence-corrected chi connectivity index (χ3v) is 2.07. The number of nitrogens with zero attached hydrogens (tertiary/aromatic N) is 1. The lowest BCUT2D eigenvalue weighted by Crippen LogP contribution is -2.09. The molecule has 0 amide bonds. The van der Waals surface area contributed by atoms with Crippen LogP contribution in [0.4, 0.5) is 5.69 Å². The van der Waals surface area contributed by atoms with Crippen LogP contribution in [0, 0.1) is 17.2 Å². The number of benzene rings is 1. The zero-order chi connectivity index (χ0) is 11.1. The molecule has 1 aromatic carbocycles. The Bertz CT molecular complexity index is 344. The van der Waals surface area contributed by atoms with Crippen molar-refractivity contribution >= 4 is 5.69 Å². The van der Waals surface area contributed by atoms with Crippen LogP contribution < -0.4 is 5.32 Å². The molecule has 80 valence electrons. The first-order valence-corrected chi connectivity index (χ1v) is 4.97. The third-order valence-electron chi connectivity index (χ3n) is 2.07. The van der Waals surface area contributed by atoms with Crippen molar-refractivity contribution in [3.8, 4) is 6.07 Å². The van der Waals surface area contributed by atoms with Gasteiger partial charge in [0.2, 0.25) is 0 Å². The Hall–Kier alpha value is -1.53. The molecule has 0 aliphatic rings. The standard InChI is InChI=1S/C12H16N2O/c1-10(7-13)8-14-12-5-3-4-11(6-12)9-15-2/h3-6,10,14H,8-9H2,1-2H3. The van der Waals surface area contributed by atoms with Crippen LogP contribution in [0.15, 0.2) is 24.3 Å². The summed E-state index contributed by atoms with van der Waals surface area (Å²) in [6.45, 7) is 3.18. The molecule has 3 heteroatoms. The smallest absolute Gasteiger partial charge is 0.0713 e. The van der Waals surface area contributed by atoms with E-state index in [0.29, 0.717) is 13.2 Å². The number of hydrogen-bond donors (Lipinski definition) is 1. The molecule has 0 radical (unpaired) electrons. The van der Waals surface area contributed by atoms with Crippen molar-refractivity contribution in [2.24, 2.45) is 5.92 Å². The van der Waals surface area contributed by atoms with Crippen LogP contribution in [0.25, 0.3) is 0 Å². The largest absolute Gasteiger partial charge is 0.384 e. The molecule has 0 aliphatic heterocycles. The molecule has 0 saturated heterocycles. The van der Waals surface area contributed by atoms with E-state index < -0.39 is 0 Å². The minimum absolute atomic E-state index is 0.0241. The van der Waals surface area contributed by atoms with Crippen molar-refractivity contribution in [2.45, 2.75) is 13.5 Å². The third kappa shape index (κ3) is 4.01. The van der Waals surface area contributed by atoms with Gasteiger partial charge in [-0.2, -0.15) is 5.26 Å². The highest BCUT2D eigenvalue weighted by Gasteiger charge is 1.99. The highest BCUT2D eigenvalue weighted by Crippen LogP contribution is 2.11. The molecule has 1 rings (SSSR count). The summed E-state index contributed by atoms with van der Waals surface area (Å²) in [5, 5.41) is 11.9. The molecule has 0 bridgehead atoms. The first-order valence-electron chi connectivity index (χ1n) is 4.97. The molecule has 15 heavy (non-hydrogen) atoms. The molecule has 1 aromatic rings. The second-order valence-corrected chi connectivity index (χ2v) is 3.54. The van der Waals surface area contributed by atoms with Gasteiger partial charge in [-0.3, -0.25) is 0 Å². The number of nitriles is 1. The van der Waals surface area contributed by atoms with E-state index in [1.807, 2.05) is 31.2 Å². The lowest BCUT2D eigenvalue weighted by molar-refractivity contribution is 0.185. The summed E-state index contributed by atoms with van der Waals surface area (Å²) >= 11 is 0. The highest BCUT2D eigenvalue weighted by atomic mass is 16.5. The van der Waals surface area contributed by atoms with Gasteiger partial charge in [-0.15, -0.1) is 0 Å². The van der Waals surface area contributed by atoms with E-state index in [2.05, 4.69) is 11.4 Å². The van der Waals surface area contributed by atoms with Gasteiger partial charge in [-0.1, -0.05) is 12.1 Å². The van der Waals surface area contributed by atoms with E-state index in [1.54, 1.807) is 7.11 Å². The number of methoxy groups -OCH3 is 1. The molecule has 0 spiro atoms. The predicted molar refractivity (Wildman–Crippen MR) is 60.4 cm³/mol. The summed E-state index contributed by atoms with van der Waals surface area (Å²) in [6.07, 6.45) is 0. The Labute approximate surface area is 90.7 Å². The fourth-order valence-corrected chi connectivity index (χ4v) is 1.25. The SMILES string of the molecule is COCc1cccc(NCC(C)C#N)c1. The molecule has 0 heterocycles. The Morgan fingerprint density at radius 2 is 2.33 bits per heavy atom. The molecule has 3 nitrogen and oxygen atoms in total. The van der Waals surface area contributed by atoms with Gasteiger partial charge in [-0.25, -0.2) is 0 Å². The average molecular weight is 204 g/mol. The van der Waals surface area contributed by atoms with Gasteiger partial charge >= 0.3 is 0 Å². The van der Waals surface area contributed by atoms with Crippen molar-refractivity contribution in [3.05, 3.63) is 29.8 Å².